The number of nitrogens with one attached hydrogen (secondary N) is 1. The number of aliphatic hydroxyl groups is 1. The van der Waals surface area contributed by atoms with Crippen LogP contribution in [0.3, 0.4) is 0 Å². The fraction of sp³-hybridized carbons (Fsp3) is 0.583. The number of aliphatic hydroxyl groups excluding tert-OH is 1. The van der Waals surface area contributed by atoms with E-state index >= 15 is 0 Å². The van der Waals surface area contributed by atoms with Gasteiger partial charge in [0.15, 0.2) is 4.96 Å². The van der Waals surface area contributed by atoms with Gasteiger partial charge in [-0.05, 0) is 27.7 Å². The Bertz CT molecular complexity index is 513. The molecule has 0 saturated carbocycles. The van der Waals surface area contributed by atoms with Crippen LogP contribution in [0.1, 0.15) is 32.2 Å². The summed E-state index contributed by atoms with van der Waals surface area (Å²) in [4.78, 5) is 5.52. The number of rotatable bonds is 4. The predicted octanol–water partition coefficient (Wildman–Crippen LogP) is 1.95. The van der Waals surface area contributed by atoms with E-state index in [9.17, 15) is 5.11 Å². The summed E-state index contributed by atoms with van der Waals surface area (Å²) in [5, 5.41) is 15.1. The van der Waals surface area contributed by atoms with Gasteiger partial charge in [-0.25, -0.2) is 4.98 Å². The Morgan fingerprint density at radius 2 is 2.29 bits per heavy atom. The van der Waals surface area contributed by atoms with E-state index in [-0.39, 0.29) is 5.54 Å². The van der Waals surface area contributed by atoms with Crippen molar-refractivity contribution in [2.45, 2.75) is 45.9 Å². The van der Waals surface area contributed by atoms with Gasteiger partial charge in [-0.1, -0.05) is 0 Å². The Balaban J connectivity index is 2.19. The summed E-state index contributed by atoms with van der Waals surface area (Å²) in [6.45, 7) is 8.53. The molecule has 0 radical (unpaired) electrons. The van der Waals surface area contributed by atoms with Gasteiger partial charge in [0.05, 0.1) is 17.5 Å². The molecule has 94 valence electrons. The minimum atomic E-state index is -0.395. The first-order chi connectivity index (χ1) is 7.92. The molecule has 5 heteroatoms. The average molecular weight is 253 g/mol. The third-order valence-corrected chi connectivity index (χ3v) is 4.07. The Kier molecular flexibility index (Phi) is 3.25. The zero-order valence-corrected chi connectivity index (χ0v) is 11.5. The molecule has 0 aliphatic heterocycles. The van der Waals surface area contributed by atoms with E-state index in [1.807, 2.05) is 32.3 Å². The zero-order valence-electron chi connectivity index (χ0n) is 10.7. The fourth-order valence-corrected chi connectivity index (χ4v) is 2.39. The predicted molar refractivity (Wildman–Crippen MR) is 70.4 cm³/mol. The molecule has 0 bridgehead atoms. The smallest absolute Gasteiger partial charge is 0.194 e. The first kappa shape index (κ1) is 12.5. The monoisotopic (exact) mass is 253 g/mol. The van der Waals surface area contributed by atoms with Crippen molar-refractivity contribution in [3.63, 3.8) is 0 Å². The molecule has 0 fully saturated rings. The number of aryl methyl sites for hydroxylation is 1. The van der Waals surface area contributed by atoms with Gasteiger partial charge in [0.2, 0.25) is 0 Å². The second kappa shape index (κ2) is 4.40. The normalized spacial score (nSPS) is 14.4. The lowest BCUT2D eigenvalue weighted by Gasteiger charge is -2.29. The lowest BCUT2D eigenvalue weighted by atomic mass is 9.99. The van der Waals surface area contributed by atoms with Gasteiger partial charge in [-0.15, -0.1) is 11.3 Å². The van der Waals surface area contributed by atoms with Crippen LogP contribution < -0.4 is 5.32 Å². The fourth-order valence-electron chi connectivity index (χ4n) is 1.61. The van der Waals surface area contributed by atoms with Crippen molar-refractivity contribution >= 4 is 16.3 Å². The molecular weight excluding hydrogens is 234 g/mol. The van der Waals surface area contributed by atoms with E-state index in [0.29, 0.717) is 6.54 Å². The molecule has 0 amide bonds. The highest BCUT2D eigenvalue weighted by molar-refractivity contribution is 7.15. The van der Waals surface area contributed by atoms with Gasteiger partial charge in [0.25, 0.3) is 0 Å². The van der Waals surface area contributed by atoms with E-state index in [2.05, 4.69) is 14.7 Å². The molecule has 0 aliphatic carbocycles. The molecule has 2 aromatic heterocycles. The van der Waals surface area contributed by atoms with Crippen LogP contribution in [0.25, 0.3) is 4.96 Å². The SMILES string of the molecule is Cc1nc2sccn2c1CNC(C)(C)C(C)O. The van der Waals surface area contributed by atoms with Gasteiger partial charge in [0.1, 0.15) is 0 Å². The maximum Gasteiger partial charge on any atom is 0.194 e. The van der Waals surface area contributed by atoms with Crippen LogP contribution in [-0.4, -0.2) is 26.1 Å². The minimum absolute atomic E-state index is 0.299. The number of aromatic nitrogens is 2. The molecule has 0 saturated heterocycles. The Labute approximate surface area is 105 Å². The van der Waals surface area contributed by atoms with E-state index < -0.39 is 6.10 Å². The molecule has 2 heterocycles. The molecule has 17 heavy (non-hydrogen) atoms. The molecular formula is C12H19N3OS. The minimum Gasteiger partial charge on any atom is -0.392 e. The molecule has 0 spiro atoms. The van der Waals surface area contributed by atoms with Crippen LogP contribution in [0.2, 0.25) is 0 Å². The van der Waals surface area contributed by atoms with Crippen molar-refractivity contribution in [2.24, 2.45) is 0 Å². The average Bonchev–Trinajstić information content (AvgIpc) is 2.75. The maximum atomic E-state index is 9.67. The van der Waals surface area contributed by atoms with Crippen LogP contribution in [0.15, 0.2) is 11.6 Å². The second-order valence-corrected chi connectivity index (χ2v) is 5.82. The number of hydrogen-bond donors (Lipinski definition) is 2. The van der Waals surface area contributed by atoms with Gasteiger partial charge in [-0.3, -0.25) is 4.40 Å². The van der Waals surface area contributed by atoms with Gasteiger partial charge >= 0.3 is 0 Å². The topological polar surface area (TPSA) is 49.6 Å². The van der Waals surface area contributed by atoms with E-state index in [0.717, 1.165) is 16.3 Å². The lowest BCUT2D eigenvalue weighted by molar-refractivity contribution is 0.0953. The summed E-state index contributed by atoms with van der Waals surface area (Å²) in [6.07, 6.45) is 1.64. The number of hydrogen-bond acceptors (Lipinski definition) is 4. The maximum absolute atomic E-state index is 9.67. The summed E-state index contributed by atoms with van der Waals surface area (Å²) in [7, 11) is 0. The summed E-state index contributed by atoms with van der Waals surface area (Å²) >= 11 is 1.64. The standard InChI is InChI=1S/C12H19N3OS/c1-8-10(7-13-12(3,4)9(2)16)15-5-6-17-11(15)14-8/h5-6,9,13,16H,7H2,1-4H3. The highest BCUT2D eigenvalue weighted by Crippen LogP contribution is 2.18. The molecule has 0 aliphatic rings. The summed E-state index contributed by atoms with van der Waals surface area (Å²) < 4.78 is 2.10. The van der Waals surface area contributed by atoms with Crippen LogP contribution in [0.5, 0.6) is 0 Å². The first-order valence-corrected chi connectivity index (χ1v) is 6.64. The Hall–Kier alpha value is -0.910. The third kappa shape index (κ3) is 2.36. The zero-order chi connectivity index (χ0) is 12.6. The van der Waals surface area contributed by atoms with Crippen molar-refractivity contribution in [1.29, 1.82) is 0 Å². The first-order valence-electron chi connectivity index (χ1n) is 5.76. The van der Waals surface area contributed by atoms with Crippen LogP contribution in [-0.2, 0) is 6.54 Å². The summed E-state index contributed by atoms with van der Waals surface area (Å²) in [5.74, 6) is 0. The van der Waals surface area contributed by atoms with Crippen molar-refractivity contribution in [2.75, 3.05) is 0 Å². The van der Waals surface area contributed by atoms with Crippen LogP contribution in [0, 0.1) is 6.92 Å². The molecule has 2 N–H and O–H groups in total. The molecule has 4 nitrogen and oxygen atoms in total. The van der Waals surface area contributed by atoms with Crippen molar-refractivity contribution in [1.82, 2.24) is 14.7 Å². The molecule has 2 rings (SSSR count). The van der Waals surface area contributed by atoms with E-state index in [4.69, 9.17) is 0 Å². The number of fused-ring (bicyclic) bond motifs is 1. The molecule has 1 unspecified atom stereocenters. The van der Waals surface area contributed by atoms with E-state index in [1.165, 1.54) is 0 Å². The highest BCUT2D eigenvalue weighted by Gasteiger charge is 2.24. The second-order valence-electron chi connectivity index (χ2n) is 4.95. The quantitative estimate of drug-likeness (QED) is 0.875. The number of imidazole rings is 1. The molecule has 0 aromatic carbocycles. The Morgan fingerprint density at radius 3 is 2.94 bits per heavy atom. The number of nitrogens with zero attached hydrogens (tertiary/aromatic N) is 2. The van der Waals surface area contributed by atoms with Crippen molar-refractivity contribution in [3.05, 3.63) is 23.0 Å². The molecule has 1 atom stereocenters. The van der Waals surface area contributed by atoms with Crippen LogP contribution in [0.4, 0.5) is 0 Å². The number of thiazole rings is 1. The lowest BCUT2D eigenvalue weighted by Crippen LogP contribution is -2.47. The van der Waals surface area contributed by atoms with Crippen molar-refractivity contribution in [3.8, 4) is 0 Å². The van der Waals surface area contributed by atoms with E-state index in [1.54, 1.807) is 18.3 Å². The largest absolute Gasteiger partial charge is 0.392 e. The Morgan fingerprint density at radius 1 is 1.59 bits per heavy atom. The van der Waals surface area contributed by atoms with Gasteiger partial charge < -0.3 is 10.4 Å². The van der Waals surface area contributed by atoms with Gasteiger partial charge in [0, 0.05) is 23.7 Å². The highest BCUT2D eigenvalue weighted by atomic mass is 32.1. The van der Waals surface area contributed by atoms with Crippen LogP contribution >= 0.6 is 11.3 Å². The van der Waals surface area contributed by atoms with Crippen molar-refractivity contribution < 1.29 is 5.11 Å². The van der Waals surface area contributed by atoms with Gasteiger partial charge in [-0.2, -0.15) is 0 Å². The summed E-state index contributed by atoms with van der Waals surface area (Å²) in [6, 6.07) is 0. The third-order valence-electron chi connectivity index (χ3n) is 3.32. The molecule has 2 aromatic rings. The summed E-state index contributed by atoms with van der Waals surface area (Å²) in [5.41, 5.74) is 1.91.